The van der Waals surface area contributed by atoms with Gasteiger partial charge in [-0.3, -0.25) is 4.79 Å². The highest BCUT2D eigenvalue weighted by Crippen LogP contribution is 2.28. The monoisotopic (exact) mass is 345 g/mol. The predicted octanol–water partition coefficient (Wildman–Crippen LogP) is 2.96. The number of carbonyl (C=O) groups excluding carboxylic acids is 1. The van der Waals surface area contributed by atoms with Gasteiger partial charge in [0.2, 0.25) is 11.8 Å². The van der Waals surface area contributed by atoms with Crippen molar-refractivity contribution >= 4 is 17.7 Å². The molecule has 0 radical (unpaired) electrons. The van der Waals surface area contributed by atoms with E-state index in [2.05, 4.69) is 10.3 Å². The molecule has 0 spiro atoms. The van der Waals surface area contributed by atoms with Crippen LogP contribution in [0.25, 0.3) is 11.5 Å². The van der Waals surface area contributed by atoms with E-state index in [1.54, 1.807) is 18.0 Å². The highest BCUT2D eigenvalue weighted by molar-refractivity contribution is 7.99. The van der Waals surface area contributed by atoms with Crippen molar-refractivity contribution in [3.8, 4) is 11.5 Å². The first-order valence-electron chi connectivity index (χ1n) is 8.29. The van der Waals surface area contributed by atoms with E-state index < -0.39 is 0 Å². The minimum atomic E-state index is -0.175. The van der Waals surface area contributed by atoms with E-state index in [1.807, 2.05) is 30.3 Å². The molecule has 1 saturated carbocycles. The zero-order valence-electron chi connectivity index (χ0n) is 13.7. The van der Waals surface area contributed by atoms with E-state index in [0.29, 0.717) is 23.9 Å². The van der Waals surface area contributed by atoms with Gasteiger partial charge in [-0.05, 0) is 25.0 Å². The predicted molar refractivity (Wildman–Crippen MR) is 96.5 cm³/mol. The standard InChI is InChI=1S/C18H23N3O2S/c19-13-18(8-4-5-9-18)21-16(22)12-24-11-15-10-23-17(20-15)14-6-2-1-3-7-14/h1-3,6-7,10H,4-5,8-9,11-13,19H2,(H,21,22). The molecule has 0 saturated heterocycles. The average molecular weight is 345 g/mol. The van der Waals surface area contributed by atoms with E-state index in [-0.39, 0.29) is 11.4 Å². The maximum atomic E-state index is 12.1. The molecule has 1 aliphatic carbocycles. The molecule has 1 aromatic heterocycles. The molecule has 24 heavy (non-hydrogen) atoms. The normalized spacial score (nSPS) is 16.2. The van der Waals surface area contributed by atoms with Gasteiger partial charge >= 0.3 is 0 Å². The van der Waals surface area contributed by atoms with Crippen molar-refractivity contribution < 1.29 is 9.21 Å². The molecule has 0 atom stereocenters. The Hall–Kier alpha value is -1.79. The van der Waals surface area contributed by atoms with Crippen LogP contribution in [0.1, 0.15) is 31.4 Å². The molecule has 5 nitrogen and oxygen atoms in total. The van der Waals surface area contributed by atoms with Gasteiger partial charge in [-0.25, -0.2) is 4.98 Å². The van der Waals surface area contributed by atoms with E-state index >= 15 is 0 Å². The summed E-state index contributed by atoms with van der Waals surface area (Å²) in [7, 11) is 0. The van der Waals surface area contributed by atoms with E-state index in [9.17, 15) is 4.79 Å². The van der Waals surface area contributed by atoms with Crippen molar-refractivity contribution in [3.63, 3.8) is 0 Å². The molecule has 128 valence electrons. The molecule has 1 aliphatic rings. The summed E-state index contributed by atoms with van der Waals surface area (Å²) in [5.74, 6) is 1.73. The van der Waals surface area contributed by atoms with Crippen molar-refractivity contribution in [1.29, 1.82) is 0 Å². The number of nitrogens with one attached hydrogen (secondary N) is 1. The van der Waals surface area contributed by atoms with Crippen molar-refractivity contribution in [2.75, 3.05) is 12.3 Å². The Kier molecular flexibility index (Phi) is 5.58. The van der Waals surface area contributed by atoms with Crippen LogP contribution >= 0.6 is 11.8 Å². The van der Waals surface area contributed by atoms with Crippen LogP contribution in [0.15, 0.2) is 41.0 Å². The average Bonchev–Trinajstić information content (AvgIpc) is 3.26. The Labute approximate surface area is 146 Å². The number of thioether (sulfide) groups is 1. The van der Waals surface area contributed by atoms with Crippen LogP contribution < -0.4 is 11.1 Å². The molecule has 1 amide bonds. The van der Waals surface area contributed by atoms with Crippen molar-refractivity contribution in [2.45, 2.75) is 37.0 Å². The largest absolute Gasteiger partial charge is 0.444 e. The summed E-state index contributed by atoms with van der Waals surface area (Å²) in [5, 5.41) is 3.13. The molecule has 3 rings (SSSR count). The maximum absolute atomic E-state index is 12.1. The Bertz CT molecular complexity index is 666. The molecule has 0 unspecified atom stereocenters. The molecular formula is C18H23N3O2S. The number of rotatable bonds is 7. The molecule has 1 fully saturated rings. The van der Waals surface area contributed by atoms with Gasteiger partial charge in [0.1, 0.15) is 6.26 Å². The van der Waals surface area contributed by atoms with Crippen LogP contribution in [-0.2, 0) is 10.5 Å². The second-order valence-electron chi connectivity index (χ2n) is 6.24. The smallest absolute Gasteiger partial charge is 0.230 e. The lowest BCUT2D eigenvalue weighted by Crippen LogP contribution is -2.52. The Morgan fingerprint density at radius 1 is 1.29 bits per heavy atom. The van der Waals surface area contributed by atoms with Crippen LogP contribution in [0.5, 0.6) is 0 Å². The Balaban J connectivity index is 1.46. The molecule has 0 aliphatic heterocycles. The maximum Gasteiger partial charge on any atom is 0.230 e. The topological polar surface area (TPSA) is 81.1 Å². The lowest BCUT2D eigenvalue weighted by Gasteiger charge is -2.28. The fourth-order valence-electron chi connectivity index (χ4n) is 3.10. The number of aromatic nitrogens is 1. The number of carbonyl (C=O) groups is 1. The van der Waals surface area contributed by atoms with E-state index in [4.69, 9.17) is 10.2 Å². The zero-order valence-corrected chi connectivity index (χ0v) is 14.5. The third-order valence-electron chi connectivity index (χ3n) is 4.41. The zero-order chi connectivity index (χ0) is 16.8. The molecule has 1 heterocycles. The lowest BCUT2D eigenvalue weighted by atomic mass is 9.98. The number of hydrogen-bond acceptors (Lipinski definition) is 5. The number of nitrogens with zero attached hydrogens (tertiary/aromatic N) is 1. The number of amides is 1. The molecule has 0 bridgehead atoms. The quantitative estimate of drug-likeness (QED) is 0.806. The van der Waals surface area contributed by atoms with Gasteiger partial charge in [-0.2, -0.15) is 0 Å². The van der Waals surface area contributed by atoms with Gasteiger partial charge in [0.15, 0.2) is 0 Å². The van der Waals surface area contributed by atoms with E-state index in [0.717, 1.165) is 36.9 Å². The molecular weight excluding hydrogens is 322 g/mol. The van der Waals surface area contributed by atoms with Gasteiger partial charge in [-0.1, -0.05) is 31.0 Å². The minimum Gasteiger partial charge on any atom is -0.444 e. The molecule has 1 aromatic carbocycles. The first-order valence-corrected chi connectivity index (χ1v) is 9.45. The van der Waals surface area contributed by atoms with Gasteiger partial charge in [0, 0.05) is 17.9 Å². The summed E-state index contributed by atoms with van der Waals surface area (Å²) in [6.07, 6.45) is 5.93. The molecule has 2 aromatic rings. The van der Waals surface area contributed by atoms with Crippen molar-refractivity contribution in [3.05, 3.63) is 42.3 Å². The van der Waals surface area contributed by atoms with Crippen molar-refractivity contribution in [1.82, 2.24) is 10.3 Å². The van der Waals surface area contributed by atoms with Gasteiger partial charge in [0.05, 0.1) is 17.0 Å². The fraction of sp³-hybridized carbons (Fsp3) is 0.444. The molecule has 3 N–H and O–H groups in total. The van der Waals surface area contributed by atoms with Gasteiger partial charge in [-0.15, -0.1) is 11.8 Å². The first kappa shape index (κ1) is 17.0. The van der Waals surface area contributed by atoms with Crippen LogP contribution in [0.2, 0.25) is 0 Å². The minimum absolute atomic E-state index is 0.0547. The second-order valence-corrected chi connectivity index (χ2v) is 7.23. The molecule has 6 heteroatoms. The number of hydrogen-bond donors (Lipinski definition) is 2. The SMILES string of the molecule is NCC1(NC(=O)CSCc2coc(-c3ccccc3)n2)CCCC1. The van der Waals surface area contributed by atoms with Crippen LogP contribution in [-0.4, -0.2) is 28.7 Å². The summed E-state index contributed by atoms with van der Waals surface area (Å²) < 4.78 is 5.51. The fourth-order valence-corrected chi connectivity index (χ4v) is 3.80. The first-order chi connectivity index (χ1) is 11.7. The highest BCUT2D eigenvalue weighted by Gasteiger charge is 2.33. The van der Waals surface area contributed by atoms with Crippen molar-refractivity contribution in [2.24, 2.45) is 5.73 Å². The summed E-state index contributed by atoms with van der Waals surface area (Å²) >= 11 is 1.54. The van der Waals surface area contributed by atoms with Crippen LogP contribution in [0.4, 0.5) is 0 Å². The Morgan fingerprint density at radius 3 is 2.75 bits per heavy atom. The van der Waals surface area contributed by atoms with E-state index in [1.165, 1.54) is 0 Å². The number of nitrogens with two attached hydrogens (primary N) is 1. The summed E-state index contributed by atoms with van der Waals surface area (Å²) in [6, 6.07) is 9.79. The van der Waals surface area contributed by atoms with Crippen LogP contribution in [0, 0.1) is 0 Å². The third kappa shape index (κ3) is 4.19. The number of benzene rings is 1. The summed E-state index contributed by atoms with van der Waals surface area (Å²) in [5.41, 5.74) is 7.48. The second kappa shape index (κ2) is 7.85. The summed E-state index contributed by atoms with van der Waals surface area (Å²) in [4.78, 5) is 16.6. The Morgan fingerprint density at radius 2 is 2.04 bits per heavy atom. The lowest BCUT2D eigenvalue weighted by molar-refractivity contribution is -0.120. The number of oxazole rings is 1. The third-order valence-corrected chi connectivity index (χ3v) is 5.38. The highest BCUT2D eigenvalue weighted by atomic mass is 32.2. The summed E-state index contributed by atoms with van der Waals surface area (Å²) in [6.45, 7) is 0.521. The van der Waals surface area contributed by atoms with Crippen LogP contribution in [0.3, 0.4) is 0 Å². The van der Waals surface area contributed by atoms with Gasteiger partial charge < -0.3 is 15.5 Å². The van der Waals surface area contributed by atoms with Gasteiger partial charge in [0.25, 0.3) is 0 Å².